The standard InChI is InChI=1S/C22H29BO2/c1-20(2,3)18-13-17(16-11-9-8-10-12-16)14-19(15-18)23-24-21(4,5)22(6,7)25-23/h8-15H,1-7H3/i8D,9D,10D,11D,12D. The molecule has 0 atom stereocenters. The van der Waals surface area contributed by atoms with Crippen LogP contribution in [-0.2, 0) is 14.7 Å². The van der Waals surface area contributed by atoms with E-state index in [9.17, 15) is 0 Å². The quantitative estimate of drug-likeness (QED) is 0.720. The summed E-state index contributed by atoms with van der Waals surface area (Å²) >= 11 is 0. The second-order valence-electron chi connectivity index (χ2n) is 8.68. The molecular formula is C22H29BO2. The topological polar surface area (TPSA) is 18.5 Å². The van der Waals surface area contributed by atoms with Gasteiger partial charge in [0.05, 0.1) is 18.1 Å². The van der Waals surface area contributed by atoms with Gasteiger partial charge in [0.25, 0.3) is 0 Å². The Bertz CT molecular complexity index is 967. The van der Waals surface area contributed by atoms with Crippen LogP contribution in [0.3, 0.4) is 0 Å². The predicted molar refractivity (Wildman–Crippen MR) is 106 cm³/mol. The fraction of sp³-hybridized carbons (Fsp3) is 0.455. The molecule has 2 nitrogen and oxygen atoms in total. The molecule has 2 aromatic rings. The molecule has 3 heteroatoms. The second kappa shape index (κ2) is 6.00. The second-order valence-corrected chi connectivity index (χ2v) is 8.68. The molecule has 0 amide bonds. The highest BCUT2D eigenvalue weighted by atomic mass is 16.7. The molecular weight excluding hydrogens is 307 g/mol. The van der Waals surface area contributed by atoms with E-state index in [2.05, 4.69) is 20.8 Å². The Morgan fingerprint density at radius 1 is 0.840 bits per heavy atom. The minimum Gasteiger partial charge on any atom is -0.399 e. The van der Waals surface area contributed by atoms with Gasteiger partial charge in [-0.1, -0.05) is 69.2 Å². The molecule has 2 aromatic carbocycles. The van der Waals surface area contributed by atoms with E-state index in [0.29, 0.717) is 5.56 Å². The average Bonchev–Trinajstić information content (AvgIpc) is 2.85. The molecule has 0 aromatic heterocycles. The van der Waals surface area contributed by atoms with Crippen LogP contribution < -0.4 is 5.46 Å². The van der Waals surface area contributed by atoms with Gasteiger partial charge in [-0.25, -0.2) is 0 Å². The van der Waals surface area contributed by atoms with Gasteiger partial charge in [-0.15, -0.1) is 0 Å². The van der Waals surface area contributed by atoms with Gasteiger partial charge in [-0.3, -0.25) is 0 Å². The molecule has 132 valence electrons. The summed E-state index contributed by atoms with van der Waals surface area (Å²) < 4.78 is 53.1. The Labute approximate surface area is 159 Å². The van der Waals surface area contributed by atoms with Crippen LogP contribution >= 0.6 is 0 Å². The van der Waals surface area contributed by atoms with E-state index in [4.69, 9.17) is 16.2 Å². The first-order valence-electron chi connectivity index (χ1n) is 11.2. The van der Waals surface area contributed by atoms with E-state index < -0.39 is 24.4 Å². The molecule has 1 saturated heterocycles. The average molecular weight is 341 g/mol. The monoisotopic (exact) mass is 341 g/mol. The van der Waals surface area contributed by atoms with Crippen LogP contribution in [0.25, 0.3) is 11.1 Å². The first-order valence-corrected chi connectivity index (χ1v) is 8.65. The van der Waals surface area contributed by atoms with Crippen molar-refractivity contribution in [3.05, 3.63) is 54.0 Å². The van der Waals surface area contributed by atoms with Gasteiger partial charge in [0.2, 0.25) is 0 Å². The number of rotatable bonds is 2. The van der Waals surface area contributed by atoms with Crippen molar-refractivity contribution in [2.75, 3.05) is 0 Å². The Kier molecular flexibility index (Phi) is 3.05. The lowest BCUT2D eigenvalue weighted by molar-refractivity contribution is 0.00578. The van der Waals surface area contributed by atoms with Crippen molar-refractivity contribution in [3.63, 3.8) is 0 Å². The van der Waals surface area contributed by atoms with Gasteiger partial charge in [0, 0.05) is 0 Å². The van der Waals surface area contributed by atoms with Crippen LogP contribution in [0.1, 0.15) is 60.9 Å². The molecule has 0 N–H and O–H groups in total. The molecule has 0 aliphatic carbocycles. The highest BCUT2D eigenvalue weighted by Crippen LogP contribution is 2.37. The minimum absolute atomic E-state index is 0.185. The first-order chi connectivity index (χ1) is 13.6. The molecule has 0 unspecified atom stereocenters. The molecule has 1 heterocycles. The van der Waals surface area contributed by atoms with Crippen LogP contribution in [0.15, 0.2) is 48.4 Å². The Balaban J connectivity index is 2.25. The SMILES string of the molecule is [2H]c1c([2H])c([2H])c(-c2cc(B3OC(C)(C)C(C)(C)O3)cc(C(C)(C)C)c2)c([2H])c1[2H]. The molecule has 0 spiro atoms. The third kappa shape index (κ3) is 3.54. The van der Waals surface area contributed by atoms with Gasteiger partial charge in [-0.2, -0.15) is 0 Å². The lowest BCUT2D eigenvalue weighted by Crippen LogP contribution is -2.41. The van der Waals surface area contributed by atoms with Gasteiger partial charge < -0.3 is 9.31 Å². The fourth-order valence-electron chi connectivity index (χ4n) is 2.74. The maximum Gasteiger partial charge on any atom is 0.494 e. The normalized spacial score (nSPS) is 22.0. The summed E-state index contributed by atoms with van der Waals surface area (Å²) in [5.41, 5.74) is 1.24. The summed E-state index contributed by atoms with van der Waals surface area (Å²) in [6.45, 7) is 14.1. The van der Waals surface area contributed by atoms with E-state index in [0.717, 1.165) is 11.0 Å². The Hall–Kier alpha value is -1.58. The van der Waals surface area contributed by atoms with Crippen LogP contribution in [0.2, 0.25) is 0 Å². The third-order valence-electron chi connectivity index (χ3n) is 5.14. The van der Waals surface area contributed by atoms with Crippen molar-refractivity contribution >= 4 is 12.6 Å². The van der Waals surface area contributed by atoms with Gasteiger partial charge in [0.15, 0.2) is 0 Å². The number of benzene rings is 2. The number of hydrogen-bond acceptors (Lipinski definition) is 2. The van der Waals surface area contributed by atoms with Gasteiger partial charge >= 0.3 is 7.12 Å². The van der Waals surface area contributed by atoms with E-state index in [-0.39, 0.29) is 35.1 Å². The molecule has 25 heavy (non-hydrogen) atoms. The Morgan fingerprint density at radius 3 is 1.92 bits per heavy atom. The maximum absolute atomic E-state index is 8.37. The van der Waals surface area contributed by atoms with Gasteiger partial charge in [-0.05, 0) is 55.3 Å². The smallest absolute Gasteiger partial charge is 0.399 e. The number of hydrogen-bond donors (Lipinski definition) is 0. The molecule has 0 bridgehead atoms. The van der Waals surface area contributed by atoms with Crippen molar-refractivity contribution in [3.8, 4) is 11.1 Å². The van der Waals surface area contributed by atoms with Crippen molar-refractivity contribution in [1.82, 2.24) is 0 Å². The van der Waals surface area contributed by atoms with E-state index in [1.807, 2.05) is 45.9 Å². The molecule has 0 radical (unpaired) electrons. The van der Waals surface area contributed by atoms with Crippen LogP contribution in [0, 0.1) is 0 Å². The molecule has 1 aliphatic rings. The van der Waals surface area contributed by atoms with Gasteiger partial charge in [0.1, 0.15) is 0 Å². The zero-order valence-corrected chi connectivity index (χ0v) is 16.1. The highest BCUT2D eigenvalue weighted by Gasteiger charge is 2.51. The first kappa shape index (κ1) is 12.7. The predicted octanol–water partition coefficient (Wildman–Crippen LogP) is 4.95. The van der Waals surface area contributed by atoms with Crippen molar-refractivity contribution in [1.29, 1.82) is 0 Å². The van der Waals surface area contributed by atoms with Crippen LogP contribution in [0.5, 0.6) is 0 Å². The van der Waals surface area contributed by atoms with Crippen LogP contribution in [0.4, 0.5) is 0 Å². The summed E-state index contributed by atoms with van der Waals surface area (Å²) in [6, 6.07) is 4.20. The molecule has 1 aliphatic heterocycles. The minimum atomic E-state index is -0.610. The van der Waals surface area contributed by atoms with E-state index >= 15 is 0 Å². The van der Waals surface area contributed by atoms with Crippen molar-refractivity contribution < 1.29 is 16.2 Å². The zero-order valence-electron chi connectivity index (χ0n) is 21.1. The third-order valence-corrected chi connectivity index (χ3v) is 5.14. The summed E-state index contributed by atoms with van der Waals surface area (Å²) in [7, 11) is -0.610. The maximum atomic E-state index is 8.37. The van der Waals surface area contributed by atoms with Crippen molar-refractivity contribution in [2.24, 2.45) is 0 Å². The zero-order chi connectivity index (χ0) is 22.8. The molecule has 1 fully saturated rings. The van der Waals surface area contributed by atoms with E-state index in [1.165, 1.54) is 0 Å². The molecule has 0 saturated carbocycles. The largest absolute Gasteiger partial charge is 0.494 e. The Morgan fingerprint density at radius 2 is 1.40 bits per heavy atom. The summed E-state index contributed by atoms with van der Waals surface area (Å²) in [5.74, 6) is 0. The highest BCUT2D eigenvalue weighted by molar-refractivity contribution is 6.62. The lowest BCUT2D eigenvalue weighted by Gasteiger charge is -2.32. The molecule has 3 rings (SSSR count). The van der Waals surface area contributed by atoms with Crippen LogP contribution in [-0.4, -0.2) is 18.3 Å². The summed E-state index contributed by atoms with van der Waals surface area (Å²) in [6.07, 6.45) is 0. The summed E-state index contributed by atoms with van der Waals surface area (Å²) in [5, 5.41) is 0. The fourth-order valence-corrected chi connectivity index (χ4v) is 2.74. The van der Waals surface area contributed by atoms with Crippen molar-refractivity contribution in [2.45, 2.75) is 65.1 Å². The van der Waals surface area contributed by atoms with E-state index in [1.54, 1.807) is 0 Å². The summed E-state index contributed by atoms with van der Waals surface area (Å²) in [4.78, 5) is 0. The lowest BCUT2D eigenvalue weighted by atomic mass is 9.74.